The second-order valence-electron chi connectivity index (χ2n) is 6.88. The summed E-state index contributed by atoms with van der Waals surface area (Å²) in [4.78, 5) is 12.2. The number of alkyl halides is 2. The molecular weight excluding hydrogens is 414 g/mol. The number of aromatic nitrogens is 3. The Kier molecular flexibility index (Phi) is 7.45. The van der Waals surface area contributed by atoms with Crippen LogP contribution >= 0.6 is 11.8 Å². The summed E-state index contributed by atoms with van der Waals surface area (Å²) in [6.07, 6.45) is 1.58. The molecule has 3 aromatic rings. The van der Waals surface area contributed by atoms with E-state index in [1.54, 1.807) is 24.5 Å². The number of hydrogen-bond acceptors (Lipinski definition) is 6. The van der Waals surface area contributed by atoms with E-state index in [0.29, 0.717) is 29.2 Å². The summed E-state index contributed by atoms with van der Waals surface area (Å²) < 4.78 is 36.0. The monoisotopic (exact) mass is 436 g/mol. The van der Waals surface area contributed by atoms with Gasteiger partial charge in [-0.15, -0.1) is 10.2 Å². The molecule has 1 N–H and O–H groups in total. The van der Waals surface area contributed by atoms with Gasteiger partial charge in [-0.05, 0) is 35.7 Å². The lowest BCUT2D eigenvalue weighted by molar-refractivity contribution is -0.118. The van der Waals surface area contributed by atoms with E-state index in [1.807, 2.05) is 10.6 Å². The van der Waals surface area contributed by atoms with Crippen LogP contribution in [0, 0.1) is 5.92 Å². The Morgan fingerprint density at radius 2 is 2.00 bits per heavy atom. The minimum atomic E-state index is -2.86. The lowest BCUT2D eigenvalue weighted by Crippen LogP contribution is -2.24. The molecule has 0 saturated heterocycles. The first-order chi connectivity index (χ1) is 14.4. The third kappa shape index (κ3) is 6.06. The molecule has 10 heteroatoms. The third-order valence-electron chi connectivity index (χ3n) is 3.98. The zero-order valence-electron chi connectivity index (χ0n) is 16.5. The second-order valence-corrected chi connectivity index (χ2v) is 7.82. The van der Waals surface area contributed by atoms with E-state index in [1.165, 1.54) is 23.9 Å². The lowest BCUT2D eigenvalue weighted by atomic mass is 10.2. The molecule has 1 aromatic carbocycles. The van der Waals surface area contributed by atoms with Gasteiger partial charge in [0.05, 0.1) is 12.0 Å². The third-order valence-corrected chi connectivity index (χ3v) is 4.94. The van der Waals surface area contributed by atoms with Gasteiger partial charge in [0, 0.05) is 13.1 Å². The Morgan fingerprint density at radius 3 is 2.63 bits per heavy atom. The van der Waals surface area contributed by atoms with Crippen LogP contribution in [-0.2, 0) is 17.9 Å². The van der Waals surface area contributed by atoms with Gasteiger partial charge in [0.2, 0.25) is 5.91 Å². The van der Waals surface area contributed by atoms with Crippen LogP contribution in [0.25, 0.3) is 11.6 Å². The van der Waals surface area contributed by atoms with Crippen LogP contribution in [0.15, 0.2) is 52.2 Å². The summed E-state index contributed by atoms with van der Waals surface area (Å²) in [5, 5.41) is 11.9. The van der Waals surface area contributed by atoms with E-state index in [9.17, 15) is 13.6 Å². The van der Waals surface area contributed by atoms with Gasteiger partial charge in [-0.1, -0.05) is 37.7 Å². The van der Waals surface area contributed by atoms with Crippen molar-refractivity contribution in [3.63, 3.8) is 0 Å². The minimum absolute atomic E-state index is 0.0764. The largest absolute Gasteiger partial charge is 0.461 e. The molecule has 2 aromatic heterocycles. The number of benzene rings is 1. The topological polar surface area (TPSA) is 82.2 Å². The predicted molar refractivity (Wildman–Crippen MR) is 108 cm³/mol. The molecule has 0 aliphatic heterocycles. The predicted octanol–water partition coefficient (Wildman–Crippen LogP) is 4.20. The van der Waals surface area contributed by atoms with Crippen molar-refractivity contribution >= 4 is 17.7 Å². The van der Waals surface area contributed by atoms with E-state index in [-0.39, 0.29) is 24.0 Å². The maximum atomic E-state index is 12.2. The summed E-state index contributed by atoms with van der Waals surface area (Å²) >= 11 is 1.29. The van der Waals surface area contributed by atoms with Crippen LogP contribution in [0.5, 0.6) is 5.75 Å². The molecule has 1 amide bonds. The molecule has 0 aliphatic carbocycles. The molecule has 0 unspecified atom stereocenters. The molecular formula is C20H22F2N4O3S. The Labute approximate surface area is 176 Å². The molecule has 30 heavy (non-hydrogen) atoms. The van der Waals surface area contributed by atoms with Gasteiger partial charge in [-0.25, -0.2) is 0 Å². The van der Waals surface area contributed by atoms with Crippen molar-refractivity contribution in [2.75, 3.05) is 5.75 Å². The molecule has 0 bridgehead atoms. The summed E-state index contributed by atoms with van der Waals surface area (Å²) in [6.45, 7) is 2.29. The number of furan rings is 1. The SMILES string of the molecule is CC(C)Cn1c(SCC(=O)NCc2ccc(OC(F)F)cc2)nnc1-c1ccco1. The summed E-state index contributed by atoms with van der Waals surface area (Å²) in [5.41, 5.74) is 0.776. The van der Waals surface area contributed by atoms with Crippen molar-refractivity contribution in [3.05, 3.63) is 48.2 Å². The van der Waals surface area contributed by atoms with E-state index in [2.05, 4.69) is 34.1 Å². The minimum Gasteiger partial charge on any atom is -0.461 e. The lowest BCUT2D eigenvalue weighted by Gasteiger charge is -2.11. The number of hydrogen-bond donors (Lipinski definition) is 1. The van der Waals surface area contributed by atoms with Gasteiger partial charge in [-0.3, -0.25) is 9.36 Å². The average Bonchev–Trinajstić information content (AvgIpc) is 3.35. The van der Waals surface area contributed by atoms with Gasteiger partial charge in [0.15, 0.2) is 16.7 Å². The maximum absolute atomic E-state index is 12.2. The molecule has 0 saturated carbocycles. The Bertz CT molecular complexity index is 944. The summed E-state index contributed by atoms with van der Waals surface area (Å²) in [6, 6.07) is 9.73. The Morgan fingerprint density at radius 1 is 1.23 bits per heavy atom. The zero-order valence-corrected chi connectivity index (χ0v) is 17.4. The van der Waals surface area contributed by atoms with Crippen LogP contribution in [0.3, 0.4) is 0 Å². The molecule has 160 valence electrons. The van der Waals surface area contributed by atoms with Crippen LogP contribution in [0.1, 0.15) is 19.4 Å². The van der Waals surface area contributed by atoms with Crippen molar-refractivity contribution < 1.29 is 22.7 Å². The second kappa shape index (κ2) is 10.2. The number of nitrogens with zero attached hydrogens (tertiary/aromatic N) is 3. The first-order valence-corrected chi connectivity index (χ1v) is 10.3. The van der Waals surface area contributed by atoms with Crippen molar-refractivity contribution in [2.45, 2.75) is 38.7 Å². The molecule has 0 aliphatic rings. The van der Waals surface area contributed by atoms with Gasteiger partial charge in [0.1, 0.15) is 5.75 Å². The molecule has 3 rings (SSSR count). The molecule has 0 radical (unpaired) electrons. The van der Waals surface area contributed by atoms with Crippen molar-refractivity contribution in [1.29, 1.82) is 0 Å². The number of halogens is 2. The maximum Gasteiger partial charge on any atom is 0.387 e. The van der Waals surface area contributed by atoms with Gasteiger partial charge >= 0.3 is 6.61 Å². The zero-order chi connectivity index (χ0) is 21.5. The molecule has 0 fully saturated rings. The highest BCUT2D eigenvalue weighted by Crippen LogP contribution is 2.25. The molecule has 7 nitrogen and oxygen atoms in total. The van der Waals surface area contributed by atoms with Crippen molar-refractivity contribution in [2.24, 2.45) is 5.92 Å². The normalized spacial score (nSPS) is 11.3. The van der Waals surface area contributed by atoms with E-state index in [4.69, 9.17) is 4.42 Å². The number of carbonyl (C=O) groups excluding carboxylic acids is 1. The van der Waals surface area contributed by atoms with E-state index >= 15 is 0 Å². The Balaban J connectivity index is 1.55. The standard InChI is InChI=1S/C20H22F2N4O3S/c1-13(2)11-26-18(16-4-3-9-28-16)24-25-20(26)30-12-17(27)23-10-14-5-7-15(8-6-14)29-19(21)22/h3-9,13,19H,10-12H2,1-2H3,(H,23,27). The van der Waals surface area contributed by atoms with Crippen LogP contribution in [0.2, 0.25) is 0 Å². The Hall–Kier alpha value is -2.88. The van der Waals surface area contributed by atoms with Crippen molar-refractivity contribution in [3.8, 4) is 17.3 Å². The summed E-state index contributed by atoms with van der Waals surface area (Å²) in [5.74, 6) is 1.68. The van der Waals surface area contributed by atoms with E-state index < -0.39 is 6.61 Å². The highest BCUT2D eigenvalue weighted by atomic mass is 32.2. The fourth-order valence-corrected chi connectivity index (χ4v) is 3.46. The smallest absolute Gasteiger partial charge is 0.387 e. The van der Waals surface area contributed by atoms with Gasteiger partial charge in [0.25, 0.3) is 0 Å². The first kappa shape index (κ1) is 21.8. The van der Waals surface area contributed by atoms with Crippen LogP contribution in [0.4, 0.5) is 8.78 Å². The molecule has 0 spiro atoms. The van der Waals surface area contributed by atoms with Crippen LogP contribution in [-0.4, -0.2) is 33.0 Å². The molecule has 0 atom stereocenters. The van der Waals surface area contributed by atoms with E-state index in [0.717, 1.165) is 5.56 Å². The highest BCUT2D eigenvalue weighted by molar-refractivity contribution is 7.99. The number of carbonyl (C=O) groups is 1. The average molecular weight is 436 g/mol. The summed E-state index contributed by atoms with van der Waals surface area (Å²) in [7, 11) is 0. The van der Waals surface area contributed by atoms with Gasteiger partial charge < -0.3 is 14.5 Å². The van der Waals surface area contributed by atoms with Crippen molar-refractivity contribution in [1.82, 2.24) is 20.1 Å². The first-order valence-electron chi connectivity index (χ1n) is 9.32. The number of thioether (sulfide) groups is 1. The molecule has 2 heterocycles. The van der Waals surface area contributed by atoms with Gasteiger partial charge in [-0.2, -0.15) is 8.78 Å². The number of rotatable bonds is 10. The highest BCUT2D eigenvalue weighted by Gasteiger charge is 2.18. The fraction of sp³-hybridized carbons (Fsp3) is 0.350. The number of amides is 1. The number of nitrogens with one attached hydrogen (secondary N) is 1. The number of ether oxygens (including phenoxy) is 1. The van der Waals surface area contributed by atoms with Crippen LogP contribution < -0.4 is 10.1 Å². The fourth-order valence-electron chi connectivity index (χ4n) is 2.68. The quantitative estimate of drug-likeness (QED) is 0.480.